The number of carbonyl (C=O) groups is 4. The minimum Gasteiger partial charge on any atom is -0.462 e. The Morgan fingerprint density at radius 1 is 0.226 bits per heavy atom. The lowest BCUT2D eigenvalue weighted by Gasteiger charge is -2.21. The molecule has 0 saturated carbocycles. The van der Waals surface area contributed by atoms with Crippen LogP contribution in [-0.2, 0) is 65.4 Å². The summed E-state index contributed by atoms with van der Waals surface area (Å²) >= 11 is 0. The fourth-order valence-corrected chi connectivity index (χ4v) is 15.3. The first-order valence-corrected chi connectivity index (χ1v) is 48.3. The molecule has 0 aliphatic carbocycles. The molecular formula is C87H170O17P2. The summed E-state index contributed by atoms with van der Waals surface area (Å²) < 4.78 is 69.0. The first-order chi connectivity index (χ1) is 51.7. The topological polar surface area (TPSA) is 237 Å². The highest BCUT2D eigenvalue weighted by atomic mass is 31.2. The van der Waals surface area contributed by atoms with Crippen molar-refractivity contribution in [3.8, 4) is 0 Å². The molecule has 0 amide bonds. The highest BCUT2D eigenvalue weighted by Crippen LogP contribution is 2.45. The van der Waals surface area contributed by atoms with Crippen molar-refractivity contribution in [1.82, 2.24) is 0 Å². The monoisotopic (exact) mass is 1550 g/mol. The van der Waals surface area contributed by atoms with Gasteiger partial charge >= 0.3 is 39.5 Å². The van der Waals surface area contributed by atoms with Crippen LogP contribution in [0.2, 0.25) is 0 Å². The van der Waals surface area contributed by atoms with Crippen LogP contribution in [0.15, 0.2) is 0 Å². The van der Waals surface area contributed by atoms with E-state index in [9.17, 15) is 43.2 Å². The Labute approximate surface area is 651 Å². The van der Waals surface area contributed by atoms with Crippen LogP contribution < -0.4 is 0 Å². The van der Waals surface area contributed by atoms with E-state index in [4.69, 9.17) is 37.0 Å². The fraction of sp³-hybridized carbons (Fsp3) is 0.954. The van der Waals surface area contributed by atoms with Crippen LogP contribution in [0.3, 0.4) is 0 Å². The molecule has 0 fully saturated rings. The van der Waals surface area contributed by atoms with E-state index in [2.05, 4.69) is 27.7 Å². The van der Waals surface area contributed by atoms with Crippen molar-refractivity contribution in [3.63, 3.8) is 0 Å². The summed E-state index contributed by atoms with van der Waals surface area (Å²) in [5.41, 5.74) is 0. The third kappa shape index (κ3) is 80.1. The van der Waals surface area contributed by atoms with E-state index in [-0.39, 0.29) is 25.7 Å². The van der Waals surface area contributed by atoms with Gasteiger partial charge in [0.2, 0.25) is 0 Å². The maximum Gasteiger partial charge on any atom is 0.472 e. The summed E-state index contributed by atoms with van der Waals surface area (Å²) in [7, 11) is -9.93. The zero-order valence-corrected chi connectivity index (χ0v) is 71.2. The summed E-state index contributed by atoms with van der Waals surface area (Å²) in [5, 5.41) is 10.7. The van der Waals surface area contributed by atoms with Crippen LogP contribution in [0.5, 0.6) is 0 Å². The molecule has 0 rings (SSSR count). The maximum atomic E-state index is 13.2. The number of aliphatic hydroxyl groups excluding tert-OH is 1. The predicted molar refractivity (Wildman–Crippen MR) is 437 cm³/mol. The molecule has 2 unspecified atom stereocenters. The Morgan fingerprint density at radius 3 is 0.557 bits per heavy atom. The molecule has 0 saturated heterocycles. The summed E-state index contributed by atoms with van der Waals surface area (Å²) in [6, 6.07) is 0. The number of carbonyl (C=O) groups excluding carboxylic acids is 4. The van der Waals surface area contributed by atoms with E-state index in [1.54, 1.807) is 0 Å². The second kappa shape index (κ2) is 81.1. The van der Waals surface area contributed by atoms with Crippen LogP contribution >= 0.6 is 15.6 Å². The molecule has 17 nitrogen and oxygen atoms in total. The number of phosphoric ester groups is 2. The van der Waals surface area contributed by atoms with Gasteiger partial charge in [-0.05, 0) is 25.7 Å². The zero-order chi connectivity index (χ0) is 77.4. The Kier molecular flexibility index (Phi) is 79.6. The molecule has 5 atom stereocenters. The first kappa shape index (κ1) is 104. The van der Waals surface area contributed by atoms with Crippen LogP contribution in [0, 0.1) is 0 Å². The molecular weight excluding hydrogens is 1380 g/mol. The number of unbranched alkanes of at least 4 members (excludes halogenated alkanes) is 62. The number of aliphatic hydroxyl groups is 1. The number of esters is 4. The van der Waals surface area contributed by atoms with Gasteiger partial charge in [0, 0.05) is 25.7 Å². The van der Waals surface area contributed by atoms with Crippen molar-refractivity contribution in [3.05, 3.63) is 0 Å². The van der Waals surface area contributed by atoms with Crippen molar-refractivity contribution >= 4 is 39.5 Å². The second-order valence-electron chi connectivity index (χ2n) is 31.3. The minimum atomic E-state index is -4.97. The van der Waals surface area contributed by atoms with Crippen molar-refractivity contribution in [2.24, 2.45) is 0 Å². The molecule has 0 aromatic rings. The normalized spacial score (nSPS) is 13.7. The highest BCUT2D eigenvalue weighted by Gasteiger charge is 2.30. The molecule has 0 aromatic heterocycles. The van der Waals surface area contributed by atoms with E-state index in [1.807, 2.05) is 0 Å². The lowest BCUT2D eigenvalue weighted by Crippen LogP contribution is -2.30. The second-order valence-corrected chi connectivity index (χ2v) is 34.2. The van der Waals surface area contributed by atoms with Gasteiger partial charge in [0.25, 0.3) is 0 Å². The van der Waals surface area contributed by atoms with Gasteiger partial charge in [0.15, 0.2) is 12.2 Å². The third-order valence-corrected chi connectivity index (χ3v) is 22.5. The number of rotatable bonds is 88. The van der Waals surface area contributed by atoms with Crippen LogP contribution in [0.4, 0.5) is 0 Å². The molecule has 0 heterocycles. The SMILES string of the molecule is CCCCCCCCCCCCCCCCCCCCCCC(=O)O[C@H](COC(=O)CCCCCCCCCCCCCCCCCCC)COP(=O)(O)OC[C@@H](O)COP(=O)(O)OC[C@@H](COC(=O)CCCCCCCCCCCCCC)OC(=O)CCCCCCCCCCCCCCCCCCC. The Balaban J connectivity index is 5.25. The lowest BCUT2D eigenvalue weighted by atomic mass is 10.0. The largest absolute Gasteiger partial charge is 0.472 e. The van der Waals surface area contributed by atoms with E-state index >= 15 is 0 Å². The van der Waals surface area contributed by atoms with E-state index in [0.29, 0.717) is 25.7 Å². The number of hydrogen-bond acceptors (Lipinski definition) is 15. The predicted octanol–water partition coefficient (Wildman–Crippen LogP) is 26.9. The standard InChI is InChI=1S/C87H170O17P2/c1-5-9-13-17-21-25-29-33-36-39-40-41-44-47-50-54-58-62-66-70-74-87(92)104-83(78-98-85(90)72-68-64-60-56-52-48-45-42-37-34-30-26-22-18-14-10-6-2)80-102-106(95,96)100-76-81(88)75-99-105(93,94)101-79-82(77-97-84(89)71-67-63-59-55-51-32-28-24-20-16-12-8-4)103-86(91)73-69-65-61-57-53-49-46-43-38-35-31-27-23-19-15-11-7-3/h81-83,88H,5-80H2,1-4H3,(H,93,94)(H,95,96)/t81-,82+,83+/m0/s1. The average Bonchev–Trinajstić information content (AvgIpc) is 0.902. The molecule has 3 N–H and O–H groups in total. The van der Waals surface area contributed by atoms with Gasteiger partial charge in [0.1, 0.15) is 19.3 Å². The van der Waals surface area contributed by atoms with E-state index < -0.39 is 97.5 Å². The molecule has 630 valence electrons. The molecule has 0 aromatic carbocycles. The van der Waals surface area contributed by atoms with Gasteiger partial charge in [-0.25, -0.2) is 9.13 Å². The summed E-state index contributed by atoms with van der Waals surface area (Å²) in [4.78, 5) is 73.3. The average molecular weight is 1550 g/mol. The van der Waals surface area contributed by atoms with Crippen molar-refractivity contribution in [2.45, 2.75) is 495 Å². The third-order valence-electron chi connectivity index (χ3n) is 20.6. The molecule has 19 heteroatoms. The van der Waals surface area contributed by atoms with Gasteiger partial charge in [-0.15, -0.1) is 0 Å². The van der Waals surface area contributed by atoms with Gasteiger partial charge in [-0.1, -0.05) is 426 Å². The first-order valence-electron chi connectivity index (χ1n) is 45.3. The summed E-state index contributed by atoms with van der Waals surface area (Å²) in [5.74, 6) is -2.09. The van der Waals surface area contributed by atoms with Gasteiger partial charge in [-0.2, -0.15) is 0 Å². The minimum absolute atomic E-state index is 0.110. The van der Waals surface area contributed by atoms with Gasteiger partial charge in [-0.3, -0.25) is 37.3 Å². The van der Waals surface area contributed by atoms with Gasteiger partial charge in [0.05, 0.1) is 26.4 Å². The maximum absolute atomic E-state index is 13.2. The summed E-state index contributed by atoms with van der Waals surface area (Å²) in [6.07, 6.45) is 76.3. The lowest BCUT2D eigenvalue weighted by molar-refractivity contribution is -0.161. The van der Waals surface area contributed by atoms with Crippen molar-refractivity contribution in [1.29, 1.82) is 0 Å². The number of hydrogen-bond donors (Lipinski definition) is 3. The van der Waals surface area contributed by atoms with Crippen molar-refractivity contribution in [2.75, 3.05) is 39.6 Å². The van der Waals surface area contributed by atoms with Crippen molar-refractivity contribution < 1.29 is 80.2 Å². The number of ether oxygens (including phenoxy) is 4. The Morgan fingerprint density at radius 2 is 0.377 bits per heavy atom. The summed E-state index contributed by atoms with van der Waals surface area (Å²) in [6.45, 7) is 5.07. The smallest absolute Gasteiger partial charge is 0.462 e. The molecule has 0 aliphatic rings. The molecule has 0 aliphatic heterocycles. The molecule has 0 spiro atoms. The van der Waals surface area contributed by atoms with Crippen LogP contribution in [0.1, 0.15) is 477 Å². The van der Waals surface area contributed by atoms with Crippen LogP contribution in [0.25, 0.3) is 0 Å². The Hall–Kier alpha value is -1.94. The number of phosphoric acid groups is 2. The van der Waals surface area contributed by atoms with E-state index in [0.717, 1.165) is 89.9 Å². The molecule has 0 bridgehead atoms. The molecule has 106 heavy (non-hydrogen) atoms. The molecule has 0 radical (unpaired) electrons. The Bertz CT molecular complexity index is 2000. The highest BCUT2D eigenvalue weighted by molar-refractivity contribution is 7.47. The van der Waals surface area contributed by atoms with E-state index in [1.165, 1.54) is 308 Å². The fourth-order valence-electron chi connectivity index (χ4n) is 13.7. The van der Waals surface area contributed by atoms with Crippen LogP contribution in [-0.4, -0.2) is 96.7 Å². The zero-order valence-electron chi connectivity index (χ0n) is 69.4. The van der Waals surface area contributed by atoms with Gasteiger partial charge < -0.3 is 33.8 Å². The quantitative estimate of drug-likeness (QED) is 0.0222.